The molecule has 0 amide bonds. The monoisotopic (exact) mass is 112 g/mol. The molecule has 1 rings (SSSR count). The van der Waals surface area contributed by atoms with Gasteiger partial charge >= 0.3 is 0 Å². The fourth-order valence-corrected chi connectivity index (χ4v) is 0.832. The van der Waals surface area contributed by atoms with Crippen LogP contribution in [0.1, 0.15) is 19.8 Å². The van der Waals surface area contributed by atoms with E-state index < -0.39 is 0 Å². The van der Waals surface area contributed by atoms with E-state index in [2.05, 4.69) is 17.2 Å². The molecule has 8 heavy (non-hydrogen) atoms. The molecule has 0 fully saturated rings. The molecule has 1 aliphatic heterocycles. The third-order valence-corrected chi connectivity index (χ3v) is 1.51. The third-order valence-electron chi connectivity index (χ3n) is 1.51. The molecule has 1 unspecified atom stereocenters. The standard InChI is InChI=1S/C6H12N2/c1-3-5-4-6(7-2)8-5/h6-7H,3-4H2,1-2H3. The van der Waals surface area contributed by atoms with Gasteiger partial charge in [-0.15, -0.1) is 0 Å². The molecule has 0 aliphatic carbocycles. The molecular formula is C6H12N2. The maximum Gasteiger partial charge on any atom is 0.104 e. The Hall–Kier alpha value is -0.370. The average molecular weight is 112 g/mol. The lowest BCUT2D eigenvalue weighted by Gasteiger charge is -2.22. The first-order chi connectivity index (χ1) is 3.86. The molecule has 1 heterocycles. The van der Waals surface area contributed by atoms with Gasteiger partial charge in [0.05, 0.1) is 0 Å². The summed E-state index contributed by atoms with van der Waals surface area (Å²) in [4.78, 5) is 4.26. The molecule has 46 valence electrons. The second kappa shape index (κ2) is 2.27. The van der Waals surface area contributed by atoms with Gasteiger partial charge in [0.1, 0.15) is 6.17 Å². The minimum Gasteiger partial charge on any atom is -0.299 e. The molecule has 0 saturated carbocycles. The summed E-state index contributed by atoms with van der Waals surface area (Å²) < 4.78 is 0. The lowest BCUT2D eigenvalue weighted by atomic mass is 10.1. The number of rotatable bonds is 2. The van der Waals surface area contributed by atoms with Gasteiger partial charge in [-0.25, -0.2) is 0 Å². The molecule has 0 aromatic carbocycles. The molecule has 0 aromatic rings. The van der Waals surface area contributed by atoms with Crippen LogP contribution in [-0.4, -0.2) is 18.9 Å². The van der Waals surface area contributed by atoms with Gasteiger partial charge in [-0.2, -0.15) is 0 Å². The zero-order valence-corrected chi connectivity index (χ0v) is 5.44. The predicted octanol–water partition coefficient (Wildman–Crippen LogP) is 0.787. The first kappa shape index (κ1) is 5.76. The van der Waals surface area contributed by atoms with Crippen molar-refractivity contribution in [3.8, 4) is 0 Å². The number of nitrogens with one attached hydrogen (secondary N) is 1. The van der Waals surface area contributed by atoms with Gasteiger partial charge in [0, 0.05) is 12.1 Å². The zero-order valence-electron chi connectivity index (χ0n) is 5.44. The van der Waals surface area contributed by atoms with Crippen LogP contribution in [0.15, 0.2) is 4.99 Å². The molecule has 0 bridgehead atoms. The van der Waals surface area contributed by atoms with Crippen LogP contribution in [0.5, 0.6) is 0 Å². The predicted molar refractivity (Wildman–Crippen MR) is 35.2 cm³/mol. The normalized spacial score (nSPS) is 26.8. The minimum atomic E-state index is 0.435. The molecule has 1 aliphatic rings. The van der Waals surface area contributed by atoms with E-state index in [9.17, 15) is 0 Å². The van der Waals surface area contributed by atoms with Crippen molar-refractivity contribution < 1.29 is 0 Å². The van der Waals surface area contributed by atoms with E-state index in [4.69, 9.17) is 0 Å². The van der Waals surface area contributed by atoms with E-state index in [1.807, 2.05) is 7.05 Å². The lowest BCUT2D eigenvalue weighted by molar-refractivity contribution is 0.557. The van der Waals surface area contributed by atoms with Crippen LogP contribution in [0, 0.1) is 0 Å². The maximum atomic E-state index is 4.26. The van der Waals surface area contributed by atoms with Crippen LogP contribution in [0.3, 0.4) is 0 Å². The summed E-state index contributed by atoms with van der Waals surface area (Å²) in [5, 5.41) is 3.08. The van der Waals surface area contributed by atoms with Crippen molar-refractivity contribution in [3.63, 3.8) is 0 Å². The van der Waals surface area contributed by atoms with Crippen LogP contribution < -0.4 is 5.32 Å². The Balaban J connectivity index is 2.27. The van der Waals surface area contributed by atoms with Gasteiger partial charge < -0.3 is 0 Å². The quantitative estimate of drug-likeness (QED) is 0.561. The van der Waals surface area contributed by atoms with Gasteiger partial charge in [0.25, 0.3) is 0 Å². The highest BCUT2D eigenvalue weighted by atomic mass is 15.1. The van der Waals surface area contributed by atoms with E-state index in [1.165, 1.54) is 5.71 Å². The SMILES string of the molecule is CCC1=NC(NC)C1. The van der Waals surface area contributed by atoms with Gasteiger partial charge in [0.15, 0.2) is 0 Å². The van der Waals surface area contributed by atoms with Crippen LogP contribution >= 0.6 is 0 Å². The maximum absolute atomic E-state index is 4.26. The second-order valence-corrected chi connectivity index (χ2v) is 2.06. The summed E-state index contributed by atoms with van der Waals surface area (Å²) in [5.74, 6) is 0. The molecule has 0 spiro atoms. The number of nitrogens with zero attached hydrogens (tertiary/aromatic N) is 1. The van der Waals surface area contributed by atoms with Crippen molar-refractivity contribution in [2.75, 3.05) is 7.05 Å². The first-order valence-corrected chi connectivity index (χ1v) is 3.09. The molecule has 0 saturated heterocycles. The largest absolute Gasteiger partial charge is 0.299 e. The lowest BCUT2D eigenvalue weighted by Crippen LogP contribution is -2.34. The van der Waals surface area contributed by atoms with Crippen LogP contribution in [0.25, 0.3) is 0 Å². The summed E-state index contributed by atoms with van der Waals surface area (Å²) in [7, 11) is 1.95. The Morgan fingerprint density at radius 2 is 2.50 bits per heavy atom. The number of hydrogen-bond acceptors (Lipinski definition) is 2. The Labute approximate surface area is 50.0 Å². The van der Waals surface area contributed by atoms with Crippen LogP contribution in [0.4, 0.5) is 0 Å². The molecule has 2 nitrogen and oxygen atoms in total. The van der Waals surface area contributed by atoms with E-state index in [0.717, 1.165) is 12.8 Å². The number of aliphatic imine (C=N–C) groups is 1. The zero-order chi connectivity index (χ0) is 5.98. The molecule has 1 N–H and O–H groups in total. The van der Waals surface area contributed by atoms with E-state index in [0.29, 0.717) is 6.17 Å². The van der Waals surface area contributed by atoms with Crippen molar-refractivity contribution in [1.82, 2.24) is 5.32 Å². The van der Waals surface area contributed by atoms with Crippen molar-refractivity contribution in [2.45, 2.75) is 25.9 Å². The van der Waals surface area contributed by atoms with E-state index in [1.54, 1.807) is 0 Å². The van der Waals surface area contributed by atoms with Crippen molar-refractivity contribution in [1.29, 1.82) is 0 Å². The first-order valence-electron chi connectivity index (χ1n) is 3.09. The van der Waals surface area contributed by atoms with E-state index in [-0.39, 0.29) is 0 Å². The summed E-state index contributed by atoms with van der Waals surface area (Å²) in [6.07, 6.45) is 2.72. The Morgan fingerprint density at radius 1 is 1.88 bits per heavy atom. The van der Waals surface area contributed by atoms with Gasteiger partial charge in [-0.3, -0.25) is 10.3 Å². The van der Waals surface area contributed by atoms with Crippen molar-refractivity contribution >= 4 is 5.71 Å². The Kier molecular flexibility index (Phi) is 1.63. The topological polar surface area (TPSA) is 24.4 Å². The molecule has 0 radical (unpaired) electrons. The summed E-state index contributed by atoms with van der Waals surface area (Å²) in [6.45, 7) is 2.14. The second-order valence-electron chi connectivity index (χ2n) is 2.06. The summed E-state index contributed by atoms with van der Waals surface area (Å²) >= 11 is 0. The van der Waals surface area contributed by atoms with Gasteiger partial charge in [-0.05, 0) is 13.5 Å². The van der Waals surface area contributed by atoms with E-state index >= 15 is 0 Å². The smallest absolute Gasteiger partial charge is 0.104 e. The fourth-order valence-electron chi connectivity index (χ4n) is 0.832. The minimum absolute atomic E-state index is 0.435. The van der Waals surface area contributed by atoms with Crippen molar-refractivity contribution in [3.05, 3.63) is 0 Å². The Morgan fingerprint density at radius 3 is 2.88 bits per heavy atom. The summed E-state index contributed by atoms with van der Waals surface area (Å²) in [5.41, 5.74) is 1.35. The Bertz CT molecular complexity index is 107. The number of hydrogen-bond donors (Lipinski definition) is 1. The highest BCUT2D eigenvalue weighted by Crippen LogP contribution is 2.10. The van der Waals surface area contributed by atoms with Crippen LogP contribution in [0.2, 0.25) is 0 Å². The van der Waals surface area contributed by atoms with Crippen molar-refractivity contribution in [2.24, 2.45) is 4.99 Å². The highest BCUT2D eigenvalue weighted by molar-refractivity contribution is 5.88. The highest BCUT2D eigenvalue weighted by Gasteiger charge is 2.15. The van der Waals surface area contributed by atoms with Crippen LogP contribution in [-0.2, 0) is 0 Å². The average Bonchev–Trinajstić information content (AvgIpc) is 1.65. The fraction of sp³-hybridized carbons (Fsp3) is 0.833. The molecule has 0 aromatic heterocycles. The molecule has 2 heteroatoms. The molecule has 1 atom stereocenters. The summed E-state index contributed by atoms with van der Waals surface area (Å²) in [6, 6.07) is 0. The third kappa shape index (κ3) is 0.892. The van der Waals surface area contributed by atoms with Gasteiger partial charge in [-0.1, -0.05) is 6.92 Å². The van der Waals surface area contributed by atoms with Gasteiger partial charge in [0.2, 0.25) is 0 Å². The molecular weight excluding hydrogens is 100 g/mol.